The standard InChI is InChI=1S/C15H22N2O2/c1-19-9-8-15(6-7-15)11-17-14(18)13-4-2-12(10-16)3-5-13/h2-5H,6-11,16H2,1H3,(H,17,18). The van der Waals surface area contributed by atoms with Crippen LogP contribution in [0.15, 0.2) is 24.3 Å². The first-order valence-electron chi connectivity index (χ1n) is 6.75. The van der Waals surface area contributed by atoms with E-state index in [0.29, 0.717) is 12.1 Å². The van der Waals surface area contributed by atoms with Crippen molar-refractivity contribution in [1.29, 1.82) is 0 Å². The minimum absolute atomic E-state index is 0.00716. The van der Waals surface area contributed by atoms with Gasteiger partial charge in [-0.1, -0.05) is 12.1 Å². The molecule has 0 aromatic heterocycles. The van der Waals surface area contributed by atoms with E-state index in [4.69, 9.17) is 10.5 Å². The van der Waals surface area contributed by atoms with Crippen LogP contribution in [0.25, 0.3) is 0 Å². The molecule has 1 aliphatic rings. The second-order valence-electron chi connectivity index (χ2n) is 5.33. The Morgan fingerprint density at radius 3 is 2.58 bits per heavy atom. The Hall–Kier alpha value is -1.39. The number of carbonyl (C=O) groups is 1. The van der Waals surface area contributed by atoms with Crippen LogP contribution in [0.1, 0.15) is 35.2 Å². The Balaban J connectivity index is 1.83. The van der Waals surface area contributed by atoms with E-state index in [2.05, 4.69) is 5.32 Å². The molecular formula is C15H22N2O2. The van der Waals surface area contributed by atoms with Crippen LogP contribution < -0.4 is 11.1 Å². The van der Waals surface area contributed by atoms with Crippen LogP contribution in [0, 0.1) is 5.41 Å². The lowest BCUT2D eigenvalue weighted by Gasteiger charge is -2.15. The lowest BCUT2D eigenvalue weighted by atomic mass is 10.0. The van der Waals surface area contributed by atoms with Crippen molar-refractivity contribution in [2.45, 2.75) is 25.8 Å². The molecule has 1 amide bonds. The van der Waals surface area contributed by atoms with Gasteiger partial charge in [-0.25, -0.2) is 0 Å². The van der Waals surface area contributed by atoms with E-state index < -0.39 is 0 Å². The van der Waals surface area contributed by atoms with Gasteiger partial charge < -0.3 is 15.8 Å². The molecule has 1 aromatic carbocycles. The average Bonchev–Trinajstić information content (AvgIpc) is 3.23. The lowest BCUT2D eigenvalue weighted by Crippen LogP contribution is -2.30. The molecule has 4 nitrogen and oxygen atoms in total. The number of rotatable bonds is 7. The molecule has 1 saturated carbocycles. The van der Waals surface area contributed by atoms with Crippen LogP contribution in [-0.4, -0.2) is 26.2 Å². The summed E-state index contributed by atoms with van der Waals surface area (Å²) < 4.78 is 5.11. The number of amides is 1. The normalized spacial score (nSPS) is 16.1. The smallest absolute Gasteiger partial charge is 0.251 e. The number of hydrogen-bond acceptors (Lipinski definition) is 3. The molecule has 1 aromatic rings. The number of nitrogens with two attached hydrogens (primary N) is 1. The van der Waals surface area contributed by atoms with Gasteiger partial charge in [0.2, 0.25) is 0 Å². The van der Waals surface area contributed by atoms with Crippen molar-refractivity contribution in [3.05, 3.63) is 35.4 Å². The largest absolute Gasteiger partial charge is 0.385 e. The second-order valence-corrected chi connectivity index (χ2v) is 5.33. The van der Waals surface area contributed by atoms with Crippen LogP contribution >= 0.6 is 0 Å². The third-order valence-electron chi connectivity index (χ3n) is 3.87. The Labute approximate surface area is 114 Å². The quantitative estimate of drug-likeness (QED) is 0.786. The van der Waals surface area contributed by atoms with Gasteiger partial charge in [0.15, 0.2) is 0 Å². The van der Waals surface area contributed by atoms with Crippen molar-refractivity contribution < 1.29 is 9.53 Å². The Bertz CT molecular complexity index is 424. The summed E-state index contributed by atoms with van der Waals surface area (Å²) in [4.78, 5) is 12.0. The molecule has 2 rings (SSSR count). The summed E-state index contributed by atoms with van der Waals surface area (Å²) in [5.41, 5.74) is 7.55. The number of nitrogens with one attached hydrogen (secondary N) is 1. The van der Waals surface area contributed by atoms with Gasteiger partial charge in [-0.2, -0.15) is 0 Å². The summed E-state index contributed by atoms with van der Waals surface area (Å²) >= 11 is 0. The summed E-state index contributed by atoms with van der Waals surface area (Å²) in [5.74, 6) is -0.00716. The molecule has 19 heavy (non-hydrogen) atoms. The Kier molecular flexibility index (Phi) is 4.56. The van der Waals surface area contributed by atoms with Crippen molar-refractivity contribution >= 4 is 5.91 Å². The zero-order valence-electron chi connectivity index (χ0n) is 11.4. The molecule has 0 unspecified atom stereocenters. The average molecular weight is 262 g/mol. The van der Waals surface area contributed by atoms with E-state index >= 15 is 0 Å². The van der Waals surface area contributed by atoms with Gasteiger partial charge in [0.05, 0.1) is 0 Å². The summed E-state index contributed by atoms with van der Waals surface area (Å²) in [6.07, 6.45) is 3.39. The summed E-state index contributed by atoms with van der Waals surface area (Å²) in [6, 6.07) is 7.44. The van der Waals surface area contributed by atoms with Gasteiger partial charge in [0, 0.05) is 32.4 Å². The first-order valence-corrected chi connectivity index (χ1v) is 6.75. The molecule has 1 aliphatic carbocycles. The third kappa shape index (κ3) is 3.78. The fourth-order valence-corrected chi connectivity index (χ4v) is 2.17. The fourth-order valence-electron chi connectivity index (χ4n) is 2.17. The topological polar surface area (TPSA) is 64.3 Å². The molecule has 3 N–H and O–H groups in total. The van der Waals surface area contributed by atoms with E-state index in [0.717, 1.165) is 25.1 Å². The van der Waals surface area contributed by atoms with E-state index in [1.54, 1.807) is 7.11 Å². The molecule has 0 saturated heterocycles. The molecule has 0 radical (unpaired) electrons. The SMILES string of the molecule is COCCC1(CNC(=O)c2ccc(CN)cc2)CC1. The van der Waals surface area contributed by atoms with Crippen LogP contribution in [0.2, 0.25) is 0 Å². The molecular weight excluding hydrogens is 240 g/mol. The van der Waals surface area contributed by atoms with Crippen molar-refractivity contribution in [1.82, 2.24) is 5.32 Å². The van der Waals surface area contributed by atoms with E-state index in [1.165, 1.54) is 12.8 Å². The predicted molar refractivity (Wildman–Crippen MR) is 74.8 cm³/mol. The number of hydrogen-bond donors (Lipinski definition) is 2. The van der Waals surface area contributed by atoms with Gasteiger partial charge in [0.1, 0.15) is 0 Å². The highest BCUT2D eigenvalue weighted by atomic mass is 16.5. The zero-order chi connectivity index (χ0) is 13.7. The van der Waals surface area contributed by atoms with Crippen LogP contribution in [0.5, 0.6) is 0 Å². The van der Waals surface area contributed by atoms with Crippen molar-refractivity contribution in [3.8, 4) is 0 Å². The van der Waals surface area contributed by atoms with Crippen LogP contribution in [-0.2, 0) is 11.3 Å². The van der Waals surface area contributed by atoms with E-state index in [-0.39, 0.29) is 11.3 Å². The lowest BCUT2D eigenvalue weighted by molar-refractivity contribution is 0.0938. The highest BCUT2D eigenvalue weighted by Crippen LogP contribution is 2.48. The first-order chi connectivity index (χ1) is 9.19. The maximum Gasteiger partial charge on any atom is 0.251 e. The number of ether oxygens (including phenoxy) is 1. The summed E-state index contributed by atoms with van der Waals surface area (Å²) in [6.45, 7) is 2.01. The fraction of sp³-hybridized carbons (Fsp3) is 0.533. The molecule has 0 atom stereocenters. The number of benzene rings is 1. The Morgan fingerprint density at radius 2 is 2.05 bits per heavy atom. The maximum atomic E-state index is 12.0. The minimum atomic E-state index is -0.00716. The van der Waals surface area contributed by atoms with Crippen molar-refractivity contribution in [2.24, 2.45) is 11.1 Å². The monoisotopic (exact) mass is 262 g/mol. The van der Waals surface area contributed by atoms with E-state index in [9.17, 15) is 4.79 Å². The number of methoxy groups -OCH3 is 1. The van der Waals surface area contributed by atoms with Crippen LogP contribution in [0.4, 0.5) is 0 Å². The zero-order valence-corrected chi connectivity index (χ0v) is 11.4. The van der Waals surface area contributed by atoms with Crippen molar-refractivity contribution in [3.63, 3.8) is 0 Å². The predicted octanol–water partition coefficient (Wildman–Crippen LogP) is 1.69. The minimum Gasteiger partial charge on any atom is -0.385 e. The molecule has 4 heteroatoms. The first kappa shape index (κ1) is 14.0. The van der Waals surface area contributed by atoms with Crippen LogP contribution in [0.3, 0.4) is 0 Å². The number of carbonyl (C=O) groups excluding carboxylic acids is 1. The highest BCUT2D eigenvalue weighted by Gasteiger charge is 2.42. The van der Waals surface area contributed by atoms with Crippen molar-refractivity contribution in [2.75, 3.05) is 20.3 Å². The third-order valence-corrected chi connectivity index (χ3v) is 3.87. The molecule has 0 spiro atoms. The van der Waals surface area contributed by atoms with Gasteiger partial charge in [-0.05, 0) is 42.4 Å². The van der Waals surface area contributed by atoms with Gasteiger partial charge in [0.25, 0.3) is 5.91 Å². The molecule has 0 aliphatic heterocycles. The highest BCUT2D eigenvalue weighted by molar-refractivity contribution is 5.94. The molecule has 1 fully saturated rings. The molecule has 0 bridgehead atoms. The second kappa shape index (κ2) is 6.17. The molecule has 0 heterocycles. The van der Waals surface area contributed by atoms with E-state index in [1.807, 2.05) is 24.3 Å². The van der Waals surface area contributed by atoms with Gasteiger partial charge in [-0.3, -0.25) is 4.79 Å². The summed E-state index contributed by atoms with van der Waals surface area (Å²) in [7, 11) is 1.72. The Morgan fingerprint density at radius 1 is 1.37 bits per heavy atom. The summed E-state index contributed by atoms with van der Waals surface area (Å²) in [5, 5.41) is 3.02. The van der Waals surface area contributed by atoms with Gasteiger partial charge >= 0.3 is 0 Å². The maximum absolute atomic E-state index is 12.0. The molecule has 104 valence electrons. The van der Waals surface area contributed by atoms with Gasteiger partial charge in [-0.15, -0.1) is 0 Å².